The summed E-state index contributed by atoms with van der Waals surface area (Å²) in [4.78, 5) is 0. The summed E-state index contributed by atoms with van der Waals surface area (Å²) in [6.07, 6.45) is 5.79. The summed E-state index contributed by atoms with van der Waals surface area (Å²) in [6.45, 7) is 2.63. The van der Waals surface area contributed by atoms with Gasteiger partial charge >= 0.3 is 0 Å². The number of rotatable bonds is 3. The van der Waals surface area contributed by atoms with E-state index in [1.807, 2.05) is 36.0 Å². The van der Waals surface area contributed by atoms with Crippen LogP contribution in [0.15, 0.2) is 48.3 Å². The number of hydrogen-bond acceptors (Lipinski definition) is 2. The first-order valence-corrected chi connectivity index (χ1v) is 5.27. The van der Waals surface area contributed by atoms with Crippen LogP contribution in [-0.4, -0.2) is 16.3 Å². The van der Waals surface area contributed by atoms with E-state index in [1.54, 1.807) is 6.20 Å². The fourth-order valence-corrected chi connectivity index (χ4v) is 1.49. The second kappa shape index (κ2) is 4.77. The highest BCUT2D eigenvalue weighted by Crippen LogP contribution is 2.11. The Morgan fingerprint density at radius 2 is 2.12 bits per heavy atom. The Kier molecular flexibility index (Phi) is 3.17. The number of nitrogens with two attached hydrogens (primary N) is 1. The summed E-state index contributed by atoms with van der Waals surface area (Å²) in [7, 11) is 0. The molecule has 82 valence electrons. The Labute approximate surface area is 95.2 Å². The lowest BCUT2D eigenvalue weighted by Crippen LogP contribution is -1.99. The van der Waals surface area contributed by atoms with Gasteiger partial charge in [0.25, 0.3) is 0 Å². The predicted molar refractivity (Wildman–Crippen MR) is 66.3 cm³/mol. The third-order valence-electron chi connectivity index (χ3n) is 2.40. The molecule has 0 amide bonds. The number of hydrogen-bond donors (Lipinski definition) is 1. The molecule has 0 fully saturated rings. The van der Waals surface area contributed by atoms with Crippen molar-refractivity contribution in [1.82, 2.24) is 9.78 Å². The maximum atomic E-state index is 5.54. The van der Waals surface area contributed by atoms with Gasteiger partial charge in [0.1, 0.15) is 0 Å². The van der Waals surface area contributed by atoms with Crippen LogP contribution in [0.3, 0.4) is 0 Å². The fourth-order valence-electron chi connectivity index (χ4n) is 1.49. The molecule has 0 saturated heterocycles. The smallest absolute Gasteiger partial charge is 0.0645 e. The van der Waals surface area contributed by atoms with Gasteiger partial charge in [-0.2, -0.15) is 5.10 Å². The maximum Gasteiger partial charge on any atom is 0.0645 e. The summed E-state index contributed by atoms with van der Waals surface area (Å²) in [5, 5.41) is 4.17. The molecule has 2 aromatic rings. The van der Waals surface area contributed by atoms with Crippen molar-refractivity contribution in [3.05, 3.63) is 53.9 Å². The molecule has 0 radical (unpaired) electrons. The van der Waals surface area contributed by atoms with E-state index in [1.165, 1.54) is 11.1 Å². The molecule has 16 heavy (non-hydrogen) atoms. The van der Waals surface area contributed by atoms with E-state index in [0.717, 1.165) is 5.69 Å². The normalized spacial score (nSPS) is 11.8. The Bertz CT molecular complexity index is 466. The minimum absolute atomic E-state index is 0.598. The van der Waals surface area contributed by atoms with E-state index in [0.29, 0.717) is 6.54 Å². The summed E-state index contributed by atoms with van der Waals surface area (Å²) in [6, 6.07) is 10.1. The summed E-state index contributed by atoms with van der Waals surface area (Å²) in [5.74, 6) is 0. The molecule has 0 unspecified atom stereocenters. The van der Waals surface area contributed by atoms with Gasteiger partial charge in [-0.15, -0.1) is 0 Å². The molecule has 1 aromatic carbocycles. The first-order chi connectivity index (χ1) is 7.79. The topological polar surface area (TPSA) is 43.8 Å². The first-order valence-electron chi connectivity index (χ1n) is 5.27. The van der Waals surface area contributed by atoms with Crippen molar-refractivity contribution in [1.29, 1.82) is 0 Å². The van der Waals surface area contributed by atoms with Gasteiger partial charge in [-0.05, 0) is 30.7 Å². The van der Waals surface area contributed by atoms with Crippen molar-refractivity contribution < 1.29 is 0 Å². The Morgan fingerprint density at radius 3 is 2.69 bits per heavy atom. The number of nitrogens with zero attached hydrogens (tertiary/aromatic N) is 2. The van der Waals surface area contributed by atoms with Gasteiger partial charge in [0.05, 0.1) is 5.69 Å². The second-order valence-electron chi connectivity index (χ2n) is 3.74. The van der Waals surface area contributed by atoms with Crippen molar-refractivity contribution in [2.75, 3.05) is 6.54 Å². The highest BCUT2D eigenvalue weighted by Gasteiger charge is 1.95. The molecule has 0 aliphatic rings. The van der Waals surface area contributed by atoms with Gasteiger partial charge in [0.2, 0.25) is 0 Å². The highest BCUT2D eigenvalue weighted by atomic mass is 15.3. The van der Waals surface area contributed by atoms with E-state index in [-0.39, 0.29) is 0 Å². The molecule has 0 spiro atoms. The minimum atomic E-state index is 0.598. The van der Waals surface area contributed by atoms with E-state index in [9.17, 15) is 0 Å². The zero-order valence-electron chi connectivity index (χ0n) is 9.30. The van der Waals surface area contributed by atoms with Crippen molar-refractivity contribution >= 4 is 6.08 Å². The van der Waals surface area contributed by atoms with Crippen LogP contribution >= 0.6 is 0 Å². The van der Waals surface area contributed by atoms with Crippen molar-refractivity contribution in [2.45, 2.75) is 6.92 Å². The molecule has 0 atom stereocenters. The van der Waals surface area contributed by atoms with Crippen LogP contribution in [0.5, 0.6) is 0 Å². The van der Waals surface area contributed by atoms with Gasteiger partial charge in [-0.3, -0.25) is 0 Å². The standard InChI is InChI=1S/C13H15N3/c1-11(10-14)9-12-3-5-13(6-4-12)16-8-2-7-15-16/h2-9H,10,14H2,1H3. The van der Waals surface area contributed by atoms with Crippen LogP contribution in [0.2, 0.25) is 0 Å². The average Bonchev–Trinajstić information content (AvgIpc) is 2.83. The highest BCUT2D eigenvalue weighted by molar-refractivity contribution is 5.54. The lowest BCUT2D eigenvalue weighted by atomic mass is 10.1. The summed E-state index contributed by atoms with van der Waals surface area (Å²) in [5.41, 5.74) is 8.95. The van der Waals surface area contributed by atoms with Crippen LogP contribution in [0.25, 0.3) is 11.8 Å². The summed E-state index contributed by atoms with van der Waals surface area (Å²) < 4.78 is 1.84. The second-order valence-corrected chi connectivity index (χ2v) is 3.74. The van der Waals surface area contributed by atoms with Crippen LogP contribution in [-0.2, 0) is 0 Å². The lowest BCUT2D eigenvalue weighted by molar-refractivity contribution is 0.880. The quantitative estimate of drug-likeness (QED) is 0.849. The molecule has 0 bridgehead atoms. The van der Waals surface area contributed by atoms with E-state index >= 15 is 0 Å². The van der Waals surface area contributed by atoms with Gasteiger partial charge in [-0.1, -0.05) is 23.8 Å². The van der Waals surface area contributed by atoms with Gasteiger partial charge in [0.15, 0.2) is 0 Å². The summed E-state index contributed by atoms with van der Waals surface area (Å²) >= 11 is 0. The largest absolute Gasteiger partial charge is 0.327 e. The van der Waals surface area contributed by atoms with Crippen molar-refractivity contribution in [2.24, 2.45) is 5.73 Å². The molecule has 0 aliphatic heterocycles. The molecule has 0 saturated carbocycles. The van der Waals surface area contributed by atoms with Gasteiger partial charge in [0, 0.05) is 18.9 Å². The lowest BCUT2D eigenvalue weighted by Gasteiger charge is -2.02. The minimum Gasteiger partial charge on any atom is -0.327 e. The van der Waals surface area contributed by atoms with Gasteiger partial charge in [-0.25, -0.2) is 4.68 Å². The van der Waals surface area contributed by atoms with Crippen LogP contribution in [0.1, 0.15) is 12.5 Å². The molecule has 2 N–H and O–H groups in total. The Balaban J connectivity index is 2.23. The zero-order chi connectivity index (χ0) is 11.4. The monoisotopic (exact) mass is 213 g/mol. The molecule has 0 aliphatic carbocycles. The van der Waals surface area contributed by atoms with Crippen molar-refractivity contribution in [3.63, 3.8) is 0 Å². The fraction of sp³-hybridized carbons (Fsp3) is 0.154. The van der Waals surface area contributed by atoms with E-state index < -0.39 is 0 Å². The SMILES string of the molecule is CC(=Cc1ccc(-n2cccn2)cc1)CN. The van der Waals surface area contributed by atoms with E-state index in [4.69, 9.17) is 5.73 Å². The predicted octanol–water partition coefficient (Wildman–Crippen LogP) is 2.23. The Hall–Kier alpha value is -1.87. The van der Waals surface area contributed by atoms with Crippen LogP contribution in [0.4, 0.5) is 0 Å². The molecule has 3 nitrogen and oxygen atoms in total. The molecular formula is C13H15N3. The van der Waals surface area contributed by atoms with Crippen LogP contribution in [0, 0.1) is 0 Å². The maximum absolute atomic E-state index is 5.54. The molecule has 3 heteroatoms. The third kappa shape index (κ3) is 2.38. The third-order valence-corrected chi connectivity index (χ3v) is 2.40. The Morgan fingerprint density at radius 1 is 1.38 bits per heavy atom. The molecule has 2 rings (SSSR count). The first kappa shape index (κ1) is 10.6. The van der Waals surface area contributed by atoms with E-state index in [2.05, 4.69) is 23.3 Å². The van der Waals surface area contributed by atoms with Gasteiger partial charge < -0.3 is 5.73 Å². The zero-order valence-corrected chi connectivity index (χ0v) is 9.30. The number of aromatic nitrogens is 2. The van der Waals surface area contributed by atoms with Crippen molar-refractivity contribution in [3.8, 4) is 5.69 Å². The molecule has 1 heterocycles. The molecular weight excluding hydrogens is 198 g/mol. The van der Waals surface area contributed by atoms with Crippen LogP contribution < -0.4 is 5.73 Å². The number of benzene rings is 1. The average molecular weight is 213 g/mol. The molecule has 1 aromatic heterocycles.